The molecule has 0 aromatic heterocycles. The lowest BCUT2D eigenvalue weighted by Gasteiger charge is -2.44. The van der Waals surface area contributed by atoms with Crippen molar-refractivity contribution < 1.29 is 9.53 Å². The standard InChI is InChI=1S/C19H28O2/c1-5-18(20)21-17-13-14(2)11-12-16(17)19(3,4)15-9-7-6-8-10-15/h6-10,14,16-17H,5,11-13H2,1-4H3. The Bertz CT molecular complexity index is 464. The number of esters is 1. The normalized spacial score (nSPS) is 26.4. The van der Waals surface area contributed by atoms with E-state index in [1.165, 1.54) is 12.0 Å². The van der Waals surface area contributed by atoms with Gasteiger partial charge in [-0.05, 0) is 29.7 Å². The fourth-order valence-electron chi connectivity index (χ4n) is 3.62. The topological polar surface area (TPSA) is 26.3 Å². The summed E-state index contributed by atoms with van der Waals surface area (Å²) < 4.78 is 5.79. The van der Waals surface area contributed by atoms with Crippen molar-refractivity contribution in [2.45, 2.75) is 64.9 Å². The highest BCUT2D eigenvalue weighted by molar-refractivity contribution is 5.69. The van der Waals surface area contributed by atoms with Crippen LogP contribution in [0.2, 0.25) is 0 Å². The van der Waals surface area contributed by atoms with Crippen molar-refractivity contribution in [2.24, 2.45) is 11.8 Å². The summed E-state index contributed by atoms with van der Waals surface area (Å²) in [6, 6.07) is 10.6. The van der Waals surface area contributed by atoms with Crippen molar-refractivity contribution in [3.8, 4) is 0 Å². The number of hydrogen-bond donors (Lipinski definition) is 0. The monoisotopic (exact) mass is 288 g/mol. The van der Waals surface area contributed by atoms with Crippen LogP contribution in [0.4, 0.5) is 0 Å². The molecule has 2 heteroatoms. The maximum Gasteiger partial charge on any atom is 0.305 e. The third kappa shape index (κ3) is 3.66. The maximum absolute atomic E-state index is 11.8. The van der Waals surface area contributed by atoms with Crippen LogP contribution in [0.1, 0.15) is 58.9 Å². The van der Waals surface area contributed by atoms with E-state index in [9.17, 15) is 4.79 Å². The summed E-state index contributed by atoms with van der Waals surface area (Å²) in [7, 11) is 0. The zero-order valence-corrected chi connectivity index (χ0v) is 13.8. The number of rotatable bonds is 4. The second-order valence-corrected chi connectivity index (χ2v) is 6.99. The molecule has 2 rings (SSSR count). The van der Waals surface area contributed by atoms with E-state index in [0.29, 0.717) is 18.3 Å². The number of hydrogen-bond acceptors (Lipinski definition) is 2. The third-order valence-corrected chi connectivity index (χ3v) is 5.07. The minimum Gasteiger partial charge on any atom is -0.462 e. The molecule has 0 heterocycles. The van der Waals surface area contributed by atoms with Gasteiger partial charge in [0.1, 0.15) is 6.10 Å². The van der Waals surface area contributed by atoms with Gasteiger partial charge in [0.05, 0.1) is 0 Å². The van der Waals surface area contributed by atoms with Crippen molar-refractivity contribution in [1.29, 1.82) is 0 Å². The minimum absolute atomic E-state index is 0.0279. The molecule has 0 radical (unpaired) electrons. The fraction of sp³-hybridized carbons (Fsp3) is 0.632. The van der Waals surface area contributed by atoms with Crippen LogP contribution in [-0.4, -0.2) is 12.1 Å². The van der Waals surface area contributed by atoms with Gasteiger partial charge in [-0.1, -0.05) is 64.4 Å². The van der Waals surface area contributed by atoms with Crippen LogP contribution in [0.5, 0.6) is 0 Å². The smallest absolute Gasteiger partial charge is 0.305 e. The van der Waals surface area contributed by atoms with Crippen molar-refractivity contribution in [3.63, 3.8) is 0 Å². The van der Waals surface area contributed by atoms with Crippen molar-refractivity contribution >= 4 is 5.97 Å². The van der Waals surface area contributed by atoms with E-state index >= 15 is 0 Å². The first-order valence-corrected chi connectivity index (χ1v) is 8.20. The van der Waals surface area contributed by atoms with Crippen molar-refractivity contribution in [3.05, 3.63) is 35.9 Å². The molecular formula is C19H28O2. The number of carbonyl (C=O) groups is 1. The molecule has 21 heavy (non-hydrogen) atoms. The summed E-state index contributed by atoms with van der Waals surface area (Å²) in [5, 5.41) is 0. The quantitative estimate of drug-likeness (QED) is 0.749. The van der Waals surface area contributed by atoms with Gasteiger partial charge in [-0.2, -0.15) is 0 Å². The molecule has 1 saturated carbocycles. The predicted octanol–water partition coefficient (Wildman–Crippen LogP) is 4.72. The second-order valence-electron chi connectivity index (χ2n) is 6.99. The van der Waals surface area contributed by atoms with E-state index < -0.39 is 0 Å². The molecule has 1 fully saturated rings. The first kappa shape index (κ1) is 16.1. The number of carbonyl (C=O) groups excluding carboxylic acids is 1. The average Bonchev–Trinajstić information content (AvgIpc) is 2.48. The average molecular weight is 288 g/mol. The van der Waals surface area contributed by atoms with Gasteiger partial charge in [-0.15, -0.1) is 0 Å². The van der Waals surface area contributed by atoms with Crippen LogP contribution in [0.15, 0.2) is 30.3 Å². The summed E-state index contributed by atoms with van der Waals surface area (Å²) >= 11 is 0. The van der Waals surface area contributed by atoms with Crippen LogP contribution < -0.4 is 0 Å². The molecule has 0 saturated heterocycles. The molecule has 116 valence electrons. The van der Waals surface area contributed by atoms with Crippen LogP contribution in [0.25, 0.3) is 0 Å². The molecule has 1 aliphatic rings. The largest absolute Gasteiger partial charge is 0.462 e. The van der Waals surface area contributed by atoms with E-state index in [1.54, 1.807) is 0 Å². The van der Waals surface area contributed by atoms with E-state index in [0.717, 1.165) is 12.8 Å². The Kier molecular flexibility index (Phi) is 5.08. The van der Waals surface area contributed by atoms with Crippen molar-refractivity contribution in [1.82, 2.24) is 0 Å². The number of benzene rings is 1. The minimum atomic E-state index is -0.0667. The molecule has 1 aromatic rings. The predicted molar refractivity (Wildman–Crippen MR) is 86.1 cm³/mol. The van der Waals surface area contributed by atoms with Gasteiger partial charge in [0.15, 0.2) is 0 Å². The van der Waals surface area contributed by atoms with E-state index in [4.69, 9.17) is 4.74 Å². The van der Waals surface area contributed by atoms with Crippen LogP contribution in [0, 0.1) is 11.8 Å². The van der Waals surface area contributed by atoms with Gasteiger partial charge in [0.25, 0.3) is 0 Å². The zero-order chi connectivity index (χ0) is 15.5. The molecule has 0 N–H and O–H groups in total. The molecule has 0 bridgehead atoms. The Labute approximate surface area is 128 Å². The Morgan fingerprint density at radius 3 is 2.52 bits per heavy atom. The summed E-state index contributed by atoms with van der Waals surface area (Å²) in [6.45, 7) is 8.70. The van der Waals surface area contributed by atoms with Crippen LogP contribution >= 0.6 is 0 Å². The zero-order valence-electron chi connectivity index (χ0n) is 13.8. The Balaban J connectivity index is 2.23. The lowest BCUT2D eigenvalue weighted by molar-refractivity contribution is -0.156. The van der Waals surface area contributed by atoms with Gasteiger partial charge in [0, 0.05) is 12.3 Å². The summed E-state index contributed by atoms with van der Waals surface area (Å²) in [4.78, 5) is 11.8. The lowest BCUT2D eigenvalue weighted by atomic mass is 9.64. The highest BCUT2D eigenvalue weighted by atomic mass is 16.5. The van der Waals surface area contributed by atoms with Gasteiger partial charge >= 0.3 is 5.97 Å². The second kappa shape index (κ2) is 6.64. The maximum atomic E-state index is 11.8. The summed E-state index contributed by atoms with van der Waals surface area (Å²) in [5.41, 5.74) is 1.36. The van der Waals surface area contributed by atoms with Gasteiger partial charge in [-0.25, -0.2) is 0 Å². The molecule has 0 spiro atoms. The lowest BCUT2D eigenvalue weighted by Crippen LogP contribution is -2.43. The summed E-state index contributed by atoms with van der Waals surface area (Å²) in [6.07, 6.45) is 3.86. The van der Waals surface area contributed by atoms with Gasteiger partial charge in [-0.3, -0.25) is 4.79 Å². The third-order valence-electron chi connectivity index (χ3n) is 5.07. The first-order valence-electron chi connectivity index (χ1n) is 8.20. The molecular weight excluding hydrogens is 260 g/mol. The van der Waals surface area contributed by atoms with Crippen LogP contribution in [-0.2, 0) is 14.9 Å². The molecule has 0 aliphatic heterocycles. The summed E-state index contributed by atoms with van der Waals surface area (Å²) in [5.74, 6) is 0.969. The van der Waals surface area contributed by atoms with Gasteiger partial charge < -0.3 is 4.74 Å². The van der Waals surface area contributed by atoms with E-state index in [-0.39, 0.29) is 17.5 Å². The molecule has 3 unspecified atom stereocenters. The fourth-order valence-corrected chi connectivity index (χ4v) is 3.62. The molecule has 1 aromatic carbocycles. The van der Waals surface area contributed by atoms with Crippen LogP contribution in [0.3, 0.4) is 0 Å². The van der Waals surface area contributed by atoms with E-state index in [2.05, 4.69) is 51.1 Å². The van der Waals surface area contributed by atoms with E-state index in [1.807, 2.05) is 6.92 Å². The molecule has 1 aliphatic carbocycles. The molecule has 3 atom stereocenters. The first-order chi connectivity index (χ1) is 9.95. The highest BCUT2D eigenvalue weighted by Crippen LogP contribution is 2.43. The number of ether oxygens (including phenoxy) is 1. The van der Waals surface area contributed by atoms with Crippen molar-refractivity contribution in [2.75, 3.05) is 0 Å². The molecule has 0 amide bonds. The Morgan fingerprint density at radius 1 is 1.24 bits per heavy atom. The molecule has 2 nitrogen and oxygen atoms in total. The highest BCUT2D eigenvalue weighted by Gasteiger charge is 2.41. The SMILES string of the molecule is CCC(=O)OC1CC(C)CCC1C(C)(C)c1ccccc1. The Hall–Kier alpha value is -1.31. The van der Waals surface area contributed by atoms with Gasteiger partial charge in [0.2, 0.25) is 0 Å². The Morgan fingerprint density at radius 2 is 1.90 bits per heavy atom.